The zero-order valence-electron chi connectivity index (χ0n) is 26.0. The lowest BCUT2D eigenvalue weighted by Crippen LogP contribution is -2.39. The Balaban J connectivity index is 1.42. The third kappa shape index (κ3) is 6.40. The number of rotatable bonds is 10. The predicted octanol–water partition coefficient (Wildman–Crippen LogP) is 6.21. The largest absolute Gasteiger partial charge is 0.493 e. The molecule has 0 aliphatic carbocycles. The number of non-ortho nitro benzene ring substituents is 1. The molecule has 3 aromatic carbocycles. The van der Waals surface area contributed by atoms with Gasteiger partial charge in [0.2, 0.25) is 0 Å². The molecular weight excluding hydrogens is 658 g/mol. The van der Waals surface area contributed by atoms with Crippen molar-refractivity contribution in [3.8, 4) is 22.8 Å². The van der Waals surface area contributed by atoms with Crippen molar-refractivity contribution in [3.63, 3.8) is 0 Å². The number of aromatic nitrogens is 1. The highest BCUT2D eigenvalue weighted by atomic mass is 35.5. The van der Waals surface area contributed by atoms with Gasteiger partial charge in [-0.3, -0.25) is 19.5 Å². The van der Waals surface area contributed by atoms with Crippen LogP contribution in [-0.2, 0) is 16.1 Å². The summed E-state index contributed by atoms with van der Waals surface area (Å²) in [5.41, 5.74) is 1.88. The molecule has 0 saturated carbocycles. The summed E-state index contributed by atoms with van der Waals surface area (Å²) in [6, 6.07) is 21.3. The Bertz CT molecular complexity index is 2250. The maximum atomic E-state index is 14.1. The molecule has 0 saturated heterocycles. The summed E-state index contributed by atoms with van der Waals surface area (Å²) in [6.07, 6.45) is 1.71. The summed E-state index contributed by atoms with van der Waals surface area (Å²) < 4.78 is 24.8. The lowest BCUT2D eigenvalue weighted by molar-refractivity contribution is -0.384. The van der Waals surface area contributed by atoms with Crippen LogP contribution in [0.2, 0.25) is 5.02 Å². The molecular formula is C35H28ClN3O8S. The van der Waals surface area contributed by atoms with Gasteiger partial charge in [0.15, 0.2) is 16.3 Å². The van der Waals surface area contributed by atoms with Gasteiger partial charge in [-0.2, -0.15) is 0 Å². The second-order valence-corrected chi connectivity index (χ2v) is 12.0. The van der Waals surface area contributed by atoms with Gasteiger partial charge in [-0.05, 0) is 61.4 Å². The molecule has 2 aromatic heterocycles. The molecule has 1 aliphatic heterocycles. The molecule has 3 heterocycles. The number of carbonyl (C=O) groups excluding carboxylic acids is 1. The van der Waals surface area contributed by atoms with Crippen LogP contribution >= 0.6 is 22.9 Å². The number of fused-ring (bicyclic) bond motifs is 1. The monoisotopic (exact) mass is 685 g/mol. The Morgan fingerprint density at radius 1 is 1.10 bits per heavy atom. The lowest BCUT2D eigenvalue weighted by atomic mass is 10.0. The summed E-state index contributed by atoms with van der Waals surface area (Å²) in [7, 11) is 1.54. The first kappa shape index (κ1) is 32.5. The average molecular weight is 686 g/mol. The van der Waals surface area contributed by atoms with Gasteiger partial charge >= 0.3 is 5.97 Å². The topological polar surface area (TPSA) is 135 Å². The lowest BCUT2D eigenvalue weighted by Gasteiger charge is -2.22. The second kappa shape index (κ2) is 13.7. The Kier molecular flexibility index (Phi) is 9.28. The third-order valence-corrected chi connectivity index (χ3v) is 8.87. The molecule has 13 heteroatoms. The Labute approximate surface area is 282 Å². The first-order valence-electron chi connectivity index (χ1n) is 14.8. The fourth-order valence-electron chi connectivity index (χ4n) is 5.30. The van der Waals surface area contributed by atoms with Gasteiger partial charge in [0.25, 0.3) is 11.2 Å². The molecule has 0 unspecified atom stereocenters. The number of furan rings is 1. The summed E-state index contributed by atoms with van der Waals surface area (Å²) in [5, 5.41) is 11.6. The van der Waals surface area contributed by atoms with Crippen molar-refractivity contribution in [1.29, 1.82) is 0 Å². The van der Waals surface area contributed by atoms with Crippen molar-refractivity contribution in [2.24, 2.45) is 4.99 Å². The summed E-state index contributed by atoms with van der Waals surface area (Å²) >= 11 is 7.54. The van der Waals surface area contributed by atoms with Gasteiger partial charge in [0.1, 0.15) is 24.2 Å². The Morgan fingerprint density at radius 2 is 1.90 bits per heavy atom. The minimum atomic E-state index is -1.03. The molecule has 6 rings (SSSR count). The van der Waals surface area contributed by atoms with E-state index < -0.39 is 22.5 Å². The second-order valence-electron chi connectivity index (χ2n) is 10.6. The van der Waals surface area contributed by atoms with Crippen molar-refractivity contribution < 1.29 is 28.3 Å². The number of methoxy groups -OCH3 is 1. The van der Waals surface area contributed by atoms with E-state index in [1.54, 1.807) is 51.3 Å². The molecule has 0 amide bonds. The number of nitrogens with zero attached hydrogens (tertiary/aromatic N) is 3. The van der Waals surface area contributed by atoms with E-state index in [4.69, 9.17) is 30.2 Å². The number of carbonyl (C=O) groups is 1. The number of nitro benzene ring substituents is 1. The van der Waals surface area contributed by atoms with E-state index in [0.29, 0.717) is 38.7 Å². The molecule has 0 N–H and O–H groups in total. The zero-order valence-corrected chi connectivity index (χ0v) is 27.5. The number of hydrogen-bond acceptors (Lipinski definition) is 10. The smallest absolute Gasteiger partial charge is 0.338 e. The molecule has 48 heavy (non-hydrogen) atoms. The van der Waals surface area contributed by atoms with Crippen LogP contribution in [0.25, 0.3) is 17.4 Å². The van der Waals surface area contributed by atoms with E-state index in [-0.39, 0.29) is 40.0 Å². The molecule has 0 radical (unpaired) electrons. The number of nitro groups is 1. The third-order valence-electron chi connectivity index (χ3n) is 7.56. The fraction of sp³-hybridized carbons (Fsp3) is 0.171. The van der Waals surface area contributed by atoms with Gasteiger partial charge in [-0.15, -0.1) is 0 Å². The summed E-state index contributed by atoms with van der Waals surface area (Å²) in [6.45, 7) is 3.81. The number of hydrogen-bond donors (Lipinski definition) is 0. The molecule has 244 valence electrons. The first-order chi connectivity index (χ1) is 23.2. The Morgan fingerprint density at radius 3 is 2.62 bits per heavy atom. The van der Waals surface area contributed by atoms with E-state index >= 15 is 0 Å². The number of halogens is 1. The van der Waals surface area contributed by atoms with Gasteiger partial charge in [0, 0.05) is 17.7 Å². The van der Waals surface area contributed by atoms with E-state index in [1.807, 2.05) is 36.4 Å². The van der Waals surface area contributed by atoms with Gasteiger partial charge in [0.05, 0.1) is 39.5 Å². The molecule has 0 fully saturated rings. The van der Waals surface area contributed by atoms with Crippen molar-refractivity contribution in [2.75, 3.05) is 13.7 Å². The molecule has 0 spiro atoms. The normalized spacial score (nSPS) is 14.3. The van der Waals surface area contributed by atoms with Gasteiger partial charge < -0.3 is 18.6 Å². The molecule has 1 aliphatic rings. The van der Waals surface area contributed by atoms with E-state index in [0.717, 1.165) is 16.9 Å². The highest BCUT2D eigenvalue weighted by Crippen LogP contribution is 2.37. The fourth-order valence-corrected chi connectivity index (χ4v) is 6.56. The van der Waals surface area contributed by atoms with Crippen LogP contribution in [0.15, 0.2) is 104 Å². The SMILES string of the molecule is CCOC(=O)C1=C(C)N=c2s/c(=C\c3ccc(OCc4ccccc4)c(OC)c3)c(=O)n2[C@@H]1c1ccc(-c2cc([N+](=O)[O-])ccc2Cl)o1. The van der Waals surface area contributed by atoms with Crippen LogP contribution in [0.3, 0.4) is 0 Å². The number of allylic oxidation sites excluding steroid dienone is 1. The predicted molar refractivity (Wildman–Crippen MR) is 180 cm³/mol. The quantitative estimate of drug-likeness (QED) is 0.0962. The molecule has 11 nitrogen and oxygen atoms in total. The number of esters is 1. The van der Waals surface area contributed by atoms with Gasteiger partial charge in [-0.1, -0.05) is 59.3 Å². The zero-order chi connectivity index (χ0) is 33.9. The first-order valence-corrected chi connectivity index (χ1v) is 16.0. The molecule has 5 aromatic rings. The minimum Gasteiger partial charge on any atom is -0.493 e. The van der Waals surface area contributed by atoms with Crippen molar-refractivity contribution in [2.45, 2.75) is 26.5 Å². The van der Waals surface area contributed by atoms with Crippen LogP contribution in [-0.4, -0.2) is 29.2 Å². The number of thiazole rings is 1. The van der Waals surface area contributed by atoms with Crippen molar-refractivity contribution >= 4 is 40.7 Å². The van der Waals surface area contributed by atoms with Crippen molar-refractivity contribution in [1.82, 2.24) is 4.57 Å². The van der Waals surface area contributed by atoms with Gasteiger partial charge in [-0.25, -0.2) is 9.79 Å². The van der Waals surface area contributed by atoms with Crippen molar-refractivity contribution in [3.05, 3.63) is 142 Å². The van der Waals surface area contributed by atoms with E-state index in [9.17, 15) is 19.7 Å². The van der Waals surface area contributed by atoms with Crippen LogP contribution in [0.1, 0.15) is 36.8 Å². The maximum absolute atomic E-state index is 14.1. The minimum absolute atomic E-state index is 0.104. The highest BCUT2D eigenvalue weighted by molar-refractivity contribution is 7.07. The highest BCUT2D eigenvalue weighted by Gasteiger charge is 2.35. The van der Waals surface area contributed by atoms with Crippen LogP contribution < -0.4 is 24.4 Å². The molecule has 1 atom stereocenters. The van der Waals surface area contributed by atoms with Crippen LogP contribution in [0.5, 0.6) is 11.5 Å². The average Bonchev–Trinajstić information content (AvgIpc) is 3.68. The maximum Gasteiger partial charge on any atom is 0.338 e. The van der Waals surface area contributed by atoms with E-state index in [2.05, 4.69) is 4.99 Å². The molecule has 0 bridgehead atoms. The summed E-state index contributed by atoms with van der Waals surface area (Å²) in [5.74, 6) is 0.834. The summed E-state index contributed by atoms with van der Waals surface area (Å²) in [4.78, 5) is 43.2. The van der Waals surface area contributed by atoms with E-state index in [1.165, 1.54) is 22.8 Å². The Hall–Kier alpha value is -5.46. The number of benzene rings is 3. The van der Waals surface area contributed by atoms with Crippen LogP contribution in [0, 0.1) is 10.1 Å². The standard InChI is InChI=1S/C35H28ClN3O8S/c1-4-45-34(41)31-20(2)37-35-38(32(31)28-15-14-26(47-28)24-18-23(39(42)43)11-12-25(24)36)33(40)30(48-35)17-22-10-13-27(29(16-22)44-3)46-19-21-8-6-5-7-9-21/h5-18,32H,4,19H2,1-3H3/b30-17-/t32-/m1/s1. The van der Waals surface area contributed by atoms with Crippen LogP contribution in [0.4, 0.5) is 5.69 Å². The number of ether oxygens (including phenoxy) is 3.